The Balaban J connectivity index is 1.70. The van der Waals surface area contributed by atoms with E-state index in [9.17, 15) is 5.11 Å². The van der Waals surface area contributed by atoms with Crippen molar-refractivity contribution in [2.24, 2.45) is 5.92 Å². The molecule has 19 heavy (non-hydrogen) atoms. The topological polar surface area (TPSA) is 33.4 Å². The molecule has 2 heteroatoms. The smallest absolute Gasteiger partial charge is 0.133 e. The monoisotopic (exact) mass is 256 g/mol. The van der Waals surface area contributed by atoms with Gasteiger partial charge in [0.15, 0.2) is 0 Å². The number of aliphatic hydroxyl groups is 1. The zero-order valence-corrected chi connectivity index (χ0v) is 11.5. The third-order valence-electron chi connectivity index (χ3n) is 3.96. The van der Waals surface area contributed by atoms with Crippen molar-refractivity contribution in [2.45, 2.75) is 38.7 Å². The Kier molecular flexibility index (Phi) is 3.19. The number of benzene rings is 1. The first-order chi connectivity index (χ1) is 9.13. The van der Waals surface area contributed by atoms with Crippen LogP contribution in [0.3, 0.4) is 0 Å². The van der Waals surface area contributed by atoms with E-state index >= 15 is 0 Å². The van der Waals surface area contributed by atoms with Crippen LogP contribution in [-0.2, 0) is 6.42 Å². The first-order valence-electron chi connectivity index (χ1n) is 6.96. The molecule has 1 aromatic carbocycles. The molecule has 1 N–H and O–H groups in total. The lowest BCUT2D eigenvalue weighted by Crippen LogP contribution is -2.00. The first-order valence-corrected chi connectivity index (χ1v) is 6.96. The van der Waals surface area contributed by atoms with E-state index in [1.165, 1.54) is 12.0 Å². The summed E-state index contributed by atoms with van der Waals surface area (Å²) in [6, 6.07) is 12.2. The van der Waals surface area contributed by atoms with Crippen molar-refractivity contribution < 1.29 is 9.52 Å². The van der Waals surface area contributed by atoms with E-state index in [0.717, 1.165) is 17.2 Å². The molecule has 1 aliphatic carbocycles. The lowest BCUT2D eigenvalue weighted by molar-refractivity contribution is 0.148. The van der Waals surface area contributed by atoms with Gasteiger partial charge >= 0.3 is 0 Å². The van der Waals surface area contributed by atoms with E-state index in [0.29, 0.717) is 18.1 Å². The molecule has 3 unspecified atom stereocenters. The van der Waals surface area contributed by atoms with Crippen molar-refractivity contribution >= 4 is 0 Å². The van der Waals surface area contributed by atoms with Crippen LogP contribution >= 0.6 is 0 Å². The fraction of sp³-hybridized carbons (Fsp3) is 0.412. The van der Waals surface area contributed by atoms with Crippen molar-refractivity contribution in [3.05, 3.63) is 59.0 Å². The molecule has 3 atom stereocenters. The molecule has 1 saturated carbocycles. The van der Waals surface area contributed by atoms with Gasteiger partial charge in [0, 0.05) is 12.3 Å². The molecule has 1 aliphatic rings. The normalized spacial score (nSPS) is 23.3. The zero-order chi connectivity index (χ0) is 13.4. The molecule has 1 fully saturated rings. The van der Waals surface area contributed by atoms with E-state index in [2.05, 4.69) is 26.0 Å². The van der Waals surface area contributed by atoms with Crippen LogP contribution < -0.4 is 0 Å². The maximum absolute atomic E-state index is 10.3. The Morgan fingerprint density at radius 3 is 2.79 bits per heavy atom. The van der Waals surface area contributed by atoms with Gasteiger partial charge in [0.25, 0.3) is 0 Å². The molecule has 1 heterocycles. The van der Waals surface area contributed by atoms with Crippen molar-refractivity contribution in [2.75, 3.05) is 0 Å². The number of rotatable bonds is 4. The van der Waals surface area contributed by atoms with Crippen LogP contribution in [0.5, 0.6) is 0 Å². The summed E-state index contributed by atoms with van der Waals surface area (Å²) >= 11 is 0. The molecule has 0 spiro atoms. The van der Waals surface area contributed by atoms with Crippen molar-refractivity contribution in [1.29, 1.82) is 0 Å². The largest absolute Gasteiger partial charge is 0.463 e. The zero-order valence-electron chi connectivity index (χ0n) is 11.5. The minimum absolute atomic E-state index is 0.551. The second-order valence-electron chi connectivity index (χ2n) is 5.77. The maximum Gasteiger partial charge on any atom is 0.133 e. The van der Waals surface area contributed by atoms with Crippen LogP contribution in [0, 0.1) is 12.8 Å². The van der Waals surface area contributed by atoms with Gasteiger partial charge in [-0.3, -0.25) is 0 Å². The number of hydrogen-bond acceptors (Lipinski definition) is 2. The number of aryl methyl sites for hydroxylation is 1. The van der Waals surface area contributed by atoms with Crippen molar-refractivity contribution in [3.8, 4) is 0 Å². The van der Waals surface area contributed by atoms with Gasteiger partial charge in [0.05, 0.1) is 0 Å². The van der Waals surface area contributed by atoms with E-state index < -0.39 is 6.10 Å². The molecular weight excluding hydrogens is 236 g/mol. The highest BCUT2D eigenvalue weighted by molar-refractivity contribution is 5.24. The molecule has 0 aliphatic heterocycles. The fourth-order valence-electron chi connectivity index (χ4n) is 2.63. The summed E-state index contributed by atoms with van der Waals surface area (Å²) in [5.41, 5.74) is 2.36. The van der Waals surface area contributed by atoms with Gasteiger partial charge in [-0.25, -0.2) is 0 Å². The molecule has 3 rings (SSSR count). The van der Waals surface area contributed by atoms with Crippen LogP contribution in [0.4, 0.5) is 0 Å². The van der Waals surface area contributed by atoms with Crippen LogP contribution in [0.15, 0.2) is 40.8 Å². The second-order valence-corrected chi connectivity index (χ2v) is 5.77. The third kappa shape index (κ3) is 2.74. The maximum atomic E-state index is 10.3. The van der Waals surface area contributed by atoms with Crippen molar-refractivity contribution in [1.82, 2.24) is 0 Å². The highest BCUT2D eigenvalue weighted by Gasteiger charge is 2.36. The SMILES string of the molecule is Cc1cccc(CC(O)c2ccc(C3CC3C)o2)c1. The van der Waals surface area contributed by atoms with Gasteiger partial charge in [-0.2, -0.15) is 0 Å². The quantitative estimate of drug-likeness (QED) is 0.897. The Morgan fingerprint density at radius 1 is 1.32 bits per heavy atom. The number of aliphatic hydroxyl groups excluding tert-OH is 1. The van der Waals surface area contributed by atoms with Crippen molar-refractivity contribution in [3.63, 3.8) is 0 Å². The molecule has 100 valence electrons. The molecule has 0 bridgehead atoms. The summed E-state index contributed by atoms with van der Waals surface area (Å²) in [5, 5.41) is 10.3. The van der Waals surface area contributed by atoms with Gasteiger partial charge in [-0.05, 0) is 37.0 Å². The average molecular weight is 256 g/mol. The Bertz CT molecular complexity index is 570. The van der Waals surface area contributed by atoms with Crippen LogP contribution in [-0.4, -0.2) is 5.11 Å². The summed E-state index contributed by atoms with van der Waals surface area (Å²) in [6.07, 6.45) is 1.26. The Morgan fingerprint density at radius 2 is 2.11 bits per heavy atom. The summed E-state index contributed by atoms with van der Waals surface area (Å²) in [6.45, 7) is 4.30. The predicted octanol–water partition coefficient (Wildman–Crippen LogP) is 3.99. The predicted molar refractivity (Wildman–Crippen MR) is 75.1 cm³/mol. The Labute approximate surface area is 114 Å². The van der Waals surface area contributed by atoms with Crippen LogP contribution in [0.1, 0.15) is 48.0 Å². The molecule has 1 aromatic heterocycles. The van der Waals surface area contributed by atoms with E-state index in [-0.39, 0.29) is 0 Å². The van der Waals surface area contributed by atoms with Gasteiger partial charge in [0.1, 0.15) is 17.6 Å². The fourth-order valence-corrected chi connectivity index (χ4v) is 2.63. The summed E-state index contributed by atoms with van der Waals surface area (Å²) in [5.74, 6) is 3.02. The lowest BCUT2D eigenvalue weighted by Gasteiger charge is -2.08. The highest BCUT2D eigenvalue weighted by Crippen LogP contribution is 2.47. The highest BCUT2D eigenvalue weighted by atomic mass is 16.4. The molecule has 0 radical (unpaired) electrons. The second kappa shape index (κ2) is 4.86. The number of furan rings is 1. The average Bonchev–Trinajstić information content (AvgIpc) is 2.91. The molecule has 2 aromatic rings. The van der Waals surface area contributed by atoms with E-state index in [1.807, 2.05) is 24.3 Å². The van der Waals surface area contributed by atoms with Gasteiger partial charge in [0.2, 0.25) is 0 Å². The minimum Gasteiger partial charge on any atom is -0.463 e. The lowest BCUT2D eigenvalue weighted by atomic mass is 10.0. The standard InChI is InChI=1S/C17H20O2/c1-11-4-3-5-13(8-11)10-15(18)17-7-6-16(19-17)14-9-12(14)2/h3-8,12,14-15,18H,9-10H2,1-2H3. The summed E-state index contributed by atoms with van der Waals surface area (Å²) in [4.78, 5) is 0. The Hall–Kier alpha value is -1.54. The third-order valence-corrected chi connectivity index (χ3v) is 3.96. The van der Waals surface area contributed by atoms with E-state index in [1.54, 1.807) is 0 Å². The summed E-state index contributed by atoms with van der Waals surface area (Å²) < 4.78 is 5.79. The summed E-state index contributed by atoms with van der Waals surface area (Å²) in [7, 11) is 0. The van der Waals surface area contributed by atoms with Gasteiger partial charge < -0.3 is 9.52 Å². The first kappa shape index (κ1) is 12.5. The molecule has 0 amide bonds. The van der Waals surface area contributed by atoms with Gasteiger partial charge in [-0.1, -0.05) is 36.8 Å². The minimum atomic E-state index is -0.551. The number of hydrogen-bond donors (Lipinski definition) is 1. The molecule has 0 saturated heterocycles. The van der Waals surface area contributed by atoms with Crippen LogP contribution in [0.2, 0.25) is 0 Å². The molecule has 2 nitrogen and oxygen atoms in total. The van der Waals surface area contributed by atoms with Crippen LogP contribution in [0.25, 0.3) is 0 Å². The molecular formula is C17H20O2. The van der Waals surface area contributed by atoms with Gasteiger partial charge in [-0.15, -0.1) is 0 Å². The van der Waals surface area contributed by atoms with E-state index in [4.69, 9.17) is 4.42 Å².